The molecule has 3 rings (SSSR count). The molecule has 20 heavy (non-hydrogen) atoms. The topological polar surface area (TPSA) is 43.1 Å². The number of benzene rings is 1. The monoisotopic (exact) mass is 271 g/mol. The molecule has 0 spiro atoms. The van der Waals surface area contributed by atoms with Crippen LogP contribution in [-0.4, -0.2) is 5.78 Å². The van der Waals surface area contributed by atoms with Gasteiger partial charge in [0.05, 0.1) is 0 Å². The quantitative estimate of drug-likeness (QED) is 0.788. The Balaban J connectivity index is 2.13. The van der Waals surface area contributed by atoms with E-state index in [9.17, 15) is 4.79 Å². The maximum absolute atomic E-state index is 12.3. The number of fused-ring (bicyclic) bond motifs is 3. The Morgan fingerprint density at radius 3 is 2.75 bits per heavy atom. The second-order valence-electron chi connectivity index (χ2n) is 7.25. The number of anilines is 1. The standard InChI is InChI=1S/C18H25NO/c1-12(20)17(2)9-4-10-18(3)15-11-14(19)7-5-13(15)6-8-16(17)18/h5,7,11,16H,4,6,8-10,19H2,1-3H3/t16?,17-,18-/m1/s1. The van der Waals surface area contributed by atoms with Gasteiger partial charge in [-0.2, -0.15) is 0 Å². The van der Waals surface area contributed by atoms with E-state index in [2.05, 4.69) is 26.0 Å². The molecular weight excluding hydrogens is 246 g/mol. The summed E-state index contributed by atoms with van der Waals surface area (Å²) in [5.41, 5.74) is 9.67. The number of hydrogen-bond acceptors (Lipinski definition) is 2. The van der Waals surface area contributed by atoms with E-state index in [-0.39, 0.29) is 10.8 Å². The van der Waals surface area contributed by atoms with Crippen molar-refractivity contribution >= 4 is 11.5 Å². The number of nitrogens with two attached hydrogens (primary N) is 1. The molecule has 1 unspecified atom stereocenters. The first-order valence-electron chi connectivity index (χ1n) is 7.78. The van der Waals surface area contributed by atoms with E-state index >= 15 is 0 Å². The summed E-state index contributed by atoms with van der Waals surface area (Å²) < 4.78 is 0. The Labute approximate surface area is 121 Å². The van der Waals surface area contributed by atoms with Gasteiger partial charge in [-0.05, 0) is 67.2 Å². The fraction of sp³-hybridized carbons (Fsp3) is 0.611. The molecule has 0 heterocycles. The minimum Gasteiger partial charge on any atom is -0.399 e. The lowest BCUT2D eigenvalue weighted by atomic mass is 9.49. The highest BCUT2D eigenvalue weighted by atomic mass is 16.1. The lowest BCUT2D eigenvalue weighted by Gasteiger charge is -2.54. The van der Waals surface area contributed by atoms with Crippen molar-refractivity contribution in [2.24, 2.45) is 11.3 Å². The van der Waals surface area contributed by atoms with Crippen molar-refractivity contribution in [2.75, 3.05) is 5.73 Å². The van der Waals surface area contributed by atoms with Crippen LogP contribution in [0.1, 0.15) is 57.6 Å². The Hall–Kier alpha value is -1.31. The molecule has 0 radical (unpaired) electrons. The fourth-order valence-corrected chi connectivity index (χ4v) is 4.90. The van der Waals surface area contributed by atoms with E-state index in [1.807, 2.05) is 6.07 Å². The number of aryl methyl sites for hydroxylation is 1. The van der Waals surface area contributed by atoms with Crippen LogP contribution in [0.5, 0.6) is 0 Å². The Morgan fingerprint density at radius 1 is 1.30 bits per heavy atom. The molecule has 0 aliphatic heterocycles. The molecule has 0 saturated heterocycles. The van der Waals surface area contributed by atoms with Gasteiger partial charge < -0.3 is 5.73 Å². The minimum absolute atomic E-state index is 0.113. The van der Waals surface area contributed by atoms with Gasteiger partial charge in [-0.1, -0.05) is 26.3 Å². The lowest BCUT2D eigenvalue weighted by Crippen LogP contribution is -2.51. The van der Waals surface area contributed by atoms with Crippen LogP contribution in [0.15, 0.2) is 18.2 Å². The second-order valence-corrected chi connectivity index (χ2v) is 7.25. The van der Waals surface area contributed by atoms with Gasteiger partial charge >= 0.3 is 0 Å². The smallest absolute Gasteiger partial charge is 0.135 e. The van der Waals surface area contributed by atoms with Gasteiger partial charge in [-0.3, -0.25) is 4.79 Å². The van der Waals surface area contributed by atoms with Crippen LogP contribution in [0.3, 0.4) is 0 Å². The summed E-state index contributed by atoms with van der Waals surface area (Å²) >= 11 is 0. The third-order valence-electron chi connectivity index (χ3n) is 6.19. The molecule has 1 saturated carbocycles. The SMILES string of the molecule is CC(=O)[C@@]1(C)CCC[C@]2(C)c3cc(N)ccc3CCC12. The van der Waals surface area contributed by atoms with E-state index in [1.54, 1.807) is 6.92 Å². The molecule has 2 N–H and O–H groups in total. The number of carbonyl (C=O) groups is 1. The molecule has 2 aliphatic carbocycles. The summed E-state index contributed by atoms with van der Waals surface area (Å²) in [4.78, 5) is 12.3. The van der Waals surface area contributed by atoms with E-state index < -0.39 is 0 Å². The van der Waals surface area contributed by atoms with Gasteiger partial charge in [-0.25, -0.2) is 0 Å². The lowest BCUT2D eigenvalue weighted by molar-refractivity contribution is -0.134. The summed E-state index contributed by atoms with van der Waals surface area (Å²) in [6.07, 6.45) is 5.57. The summed E-state index contributed by atoms with van der Waals surface area (Å²) in [6.45, 7) is 6.32. The maximum Gasteiger partial charge on any atom is 0.135 e. The van der Waals surface area contributed by atoms with Crippen LogP contribution in [0.25, 0.3) is 0 Å². The number of Topliss-reactive ketones (excluding diaryl/α,β-unsaturated/α-hetero) is 1. The number of hydrogen-bond donors (Lipinski definition) is 1. The zero-order chi connectivity index (χ0) is 14.5. The van der Waals surface area contributed by atoms with Gasteiger partial charge in [0.15, 0.2) is 0 Å². The molecule has 2 aliphatic rings. The van der Waals surface area contributed by atoms with Crippen LogP contribution in [-0.2, 0) is 16.6 Å². The first-order valence-corrected chi connectivity index (χ1v) is 7.78. The van der Waals surface area contributed by atoms with Crippen molar-refractivity contribution in [3.8, 4) is 0 Å². The average molecular weight is 271 g/mol. The predicted octanol–water partition coefficient (Wildman–Crippen LogP) is 3.87. The van der Waals surface area contributed by atoms with Crippen molar-refractivity contribution in [2.45, 2.75) is 58.3 Å². The second kappa shape index (κ2) is 4.34. The van der Waals surface area contributed by atoms with Gasteiger partial charge in [0.1, 0.15) is 5.78 Å². The van der Waals surface area contributed by atoms with E-state index in [0.717, 1.165) is 31.4 Å². The molecule has 0 amide bonds. The predicted molar refractivity (Wildman–Crippen MR) is 82.7 cm³/mol. The molecule has 2 nitrogen and oxygen atoms in total. The third kappa shape index (κ3) is 1.73. The van der Waals surface area contributed by atoms with Crippen molar-refractivity contribution in [1.82, 2.24) is 0 Å². The van der Waals surface area contributed by atoms with Crippen molar-refractivity contribution in [3.63, 3.8) is 0 Å². The minimum atomic E-state index is -0.157. The highest BCUT2D eigenvalue weighted by Gasteiger charge is 2.53. The summed E-state index contributed by atoms with van der Waals surface area (Å²) in [6, 6.07) is 6.36. The zero-order valence-corrected chi connectivity index (χ0v) is 12.8. The summed E-state index contributed by atoms with van der Waals surface area (Å²) in [5, 5.41) is 0. The van der Waals surface area contributed by atoms with E-state index in [1.165, 1.54) is 17.5 Å². The number of ketones is 1. The largest absolute Gasteiger partial charge is 0.399 e. The Morgan fingerprint density at radius 2 is 2.05 bits per heavy atom. The Kier molecular flexibility index (Phi) is 2.97. The van der Waals surface area contributed by atoms with Crippen LogP contribution < -0.4 is 5.73 Å². The summed E-state index contributed by atoms with van der Waals surface area (Å²) in [7, 11) is 0. The molecule has 1 aromatic carbocycles. The van der Waals surface area contributed by atoms with Gasteiger partial charge in [0.2, 0.25) is 0 Å². The van der Waals surface area contributed by atoms with Gasteiger partial charge in [-0.15, -0.1) is 0 Å². The molecule has 108 valence electrons. The van der Waals surface area contributed by atoms with E-state index in [0.29, 0.717) is 11.7 Å². The normalized spacial score (nSPS) is 36.0. The number of carbonyl (C=O) groups excluding carboxylic acids is 1. The van der Waals surface area contributed by atoms with Gasteiger partial charge in [0.25, 0.3) is 0 Å². The van der Waals surface area contributed by atoms with Crippen LogP contribution >= 0.6 is 0 Å². The zero-order valence-electron chi connectivity index (χ0n) is 12.8. The van der Waals surface area contributed by atoms with Gasteiger partial charge in [0, 0.05) is 11.1 Å². The summed E-state index contributed by atoms with van der Waals surface area (Å²) in [5.74, 6) is 0.816. The maximum atomic E-state index is 12.3. The Bertz CT molecular complexity index is 565. The third-order valence-corrected chi connectivity index (χ3v) is 6.19. The average Bonchev–Trinajstić information content (AvgIpc) is 2.39. The molecule has 0 aromatic heterocycles. The van der Waals surface area contributed by atoms with Crippen LogP contribution in [0.4, 0.5) is 5.69 Å². The molecule has 3 atom stereocenters. The number of nitrogen functional groups attached to an aromatic ring is 1. The molecule has 0 bridgehead atoms. The molecule has 1 fully saturated rings. The number of rotatable bonds is 1. The van der Waals surface area contributed by atoms with Crippen molar-refractivity contribution in [1.29, 1.82) is 0 Å². The highest BCUT2D eigenvalue weighted by Crippen LogP contribution is 2.57. The molecule has 2 heteroatoms. The van der Waals surface area contributed by atoms with E-state index in [4.69, 9.17) is 5.73 Å². The molecular formula is C18H25NO. The first-order chi connectivity index (χ1) is 9.38. The van der Waals surface area contributed by atoms with Crippen LogP contribution in [0.2, 0.25) is 0 Å². The fourth-order valence-electron chi connectivity index (χ4n) is 4.90. The molecule has 1 aromatic rings. The van der Waals surface area contributed by atoms with Crippen molar-refractivity contribution in [3.05, 3.63) is 29.3 Å². The highest BCUT2D eigenvalue weighted by molar-refractivity contribution is 5.83. The van der Waals surface area contributed by atoms with Crippen LogP contribution in [0, 0.1) is 11.3 Å². The van der Waals surface area contributed by atoms with Crippen molar-refractivity contribution < 1.29 is 4.79 Å². The first kappa shape index (κ1) is 13.7.